The molecule has 0 spiro atoms. The highest BCUT2D eigenvalue weighted by atomic mass is 16.1. The molecule has 15 heavy (non-hydrogen) atoms. The summed E-state index contributed by atoms with van der Waals surface area (Å²) in [4.78, 5) is 11.0. The van der Waals surface area contributed by atoms with Crippen LogP contribution >= 0.6 is 0 Å². The predicted octanol–water partition coefficient (Wildman–Crippen LogP) is 0.861. The Morgan fingerprint density at radius 3 is 3.07 bits per heavy atom. The van der Waals surface area contributed by atoms with Gasteiger partial charge in [0.1, 0.15) is 0 Å². The van der Waals surface area contributed by atoms with Crippen molar-refractivity contribution in [2.75, 3.05) is 7.05 Å². The Labute approximate surface area is 88.7 Å². The second-order valence-electron chi connectivity index (χ2n) is 3.20. The van der Waals surface area contributed by atoms with Crippen molar-refractivity contribution in [2.24, 2.45) is 5.10 Å². The highest BCUT2D eigenvalue weighted by Crippen LogP contribution is 2.03. The molecule has 0 amide bonds. The van der Waals surface area contributed by atoms with Crippen molar-refractivity contribution in [1.29, 1.82) is 5.41 Å². The minimum absolute atomic E-state index is 0.0318. The molecule has 0 bridgehead atoms. The minimum Gasteiger partial charge on any atom is -0.363 e. The maximum absolute atomic E-state index is 11.0. The van der Waals surface area contributed by atoms with Crippen molar-refractivity contribution in [2.45, 2.75) is 13.3 Å². The molecular formula is C10H14N4O. The molecule has 0 aromatic heterocycles. The predicted molar refractivity (Wildman–Crippen MR) is 59.6 cm³/mol. The maximum Gasteiger partial charge on any atom is 0.200 e. The molecule has 1 heterocycles. The molecule has 0 saturated heterocycles. The minimum atomic E-state index is -0.291. The Morgan fingerprint density at radius 2 is 2.47 bits per heavy atom. The summed E-state index contributed by atoms with van der Waals surface area (Å²) in [6.45, 7) is 1.47. The molecule has 0 unspecified atom stereocenters. The van der Waals surface area contributed by atoms with Gasteiger partial charge in [-0.25, -0.2) is 0 Å². The van der Waals surface area contributed by atoms with Crippen LogP contribution in [-0.4, -0.2) is 29.8 Å². The van der Waals surface area contributed by atoms with Crippen molar-refractivity contribution in [1.82, 2.24) is 10.3 Å². The molecule has 5 heteroatoms. The largest absolute Gasteiger partial charge is 0.363 e. The smallest absolute Gasteiger partial charge is 0.200 e. The molecule has 0 fully saturated rings. The number of hydrazone groups is 1. The van der Waals surface area contributed by atoms with Gasteiger partial charge in [0.15, 0.2) is 5.78 Å². The van der Waals surface area contributed by atoms with Crippen LogP contribution in [0.4, 0.5) is 0 Å². The van der Waals surface area contributed by atoms with Crippen LogP contribution in [0.25, 0.3) is 0 Å². The fourth-order valence-corrected chi connectivity index (χ4v) is 1.03. The summed E-state index contributed by atoms with van der Waals surface area (Å²) in [7, 11) is 1.83. The van der Waals surface area contributed by atoms with Gasteiger partial charge in [0, 0.05) is 43.9 Å². The van der Waals surface area contributed by atoms with E-state index in [2.05, 4.69) is 10.4 Å². The molecule has 5 nitrogen and oxygen atoms in total. The van der Waals surface area contributed by atoms with E-state index in [1.54, 1.807) is 17.4 Å². The monoisotopic (exact) mass is 206 g/mol. The maximum atomic E-state index is 11.0. The summed E-state index contributed by atoms with van der Waals surface area (Å²) >= 11 is 0. The van der Waals surface area contributed by atoms with Gasteiger partial charge >= 0.3 is 0 Å². The Hall–Kier alpha value is -1.91. The van der Waals surface area contributed by atoms with Crippen molar-refractivity contribution in [3.8, 4) is 0 Å². The van der Waals surface area contributed by atoms with E-state index < -0.39 is 0 Å². The lowest BCUT2D eigenvalue weighted by Gasteiger charge is -2.14. The fraction of sp³-hybridized carbons (Fsp3) is 0.300. The Bertz CT molecular complexity index is 354. The molecule has 2 N–H and O–H groups in total. The van der Waals surface area contributed by atoms with Gasteiger partial charge in [-0.1, -0.05) is 0 Å². The number of rotatable bonds is 4. The number of allylic oxidation sites excluding steroid dienone is 2. The van der Waals surface area contributed by atoms with Crippen molar-refractivity contribution < 1.29 is 4.79 Å². The third-order valence-electron chi connectivity index (χ3n) is 1.79. The first-order valence-electron chi connectivity index (χ1n) is 4.58. The van der Waals surface area contributed by atoms with Gasteiger partial charge in [0.05, 0.1) is 5.71 Å². The number of hydrogen-bond donors (Lipinski definition) is 2. The molecule has 0 saturated carbocycles. The first kappa shape index (κ1) is 11.2. The van der Waals surface area contributed by atoms with Crippen LogP contribution in [0.15, 0.2) is 29.3 Å². The molecule has 1 aliphatic heterocycles. The molecule has 1 aliphatic rings. The van der Waals surface area contributed by atoms with Crippen LogP contribution in [0.2, 0.25) is 0 Å². The molecular weight excluding hydrogens is 192 g/mol. The number of carbonyl (C=O) groups is 1. The van der Waals surface area contributed by atoms with Gasteiger partial charge in [0.25, 0.3) is 0 Å². The van der Waals surface area contributed by atoms with Crippen LogP contribution in [0.3, 0.4) is 0 Å². The molecule has 0 radical (unpaired) electrons. The average molecular weight is 206 g/mol. The zero-order valence-corrected chi connectivity index (χ0v) is 8.82. The van der Waals surface area contributed by atoms with Crippen LogP contribution in [0.1, 0.15) is 13.3 Å². The highest BCUT2D eigenvalue weighted by Gasteiger charge is 2.01. The number of nitrogens with one attached hydrogen (secondary N) is 2. The van der Waals surface area contributed by atoms with Crippen LogP contribution in [0.5, 0.6) is 0 Å². The second kappa shape index (κ2) is 5.09. The third-order valence-corrected chi connectivity index (χ3v) is 1.79. The molecule has 1 rings (SSSR count). The number of hydrogen-bond acceptors (Lipinski definition) is 5. The zero-order valence-electron chi connectivity index (χ0n) is 8.82. The Kier molecular flexibility index (Phi) is 3.79. The van der Waals surface area contributed by atoms with Gasteiger partial charge < -0.3 is 10.7 Å². The summed E-state index contributed by atoms with van der Waals surface area (Å²) in [5, 5.41) is 15.8. The quantitative estimate of drug-likeness (QED) is 0.529. The molecule has 0 atom stereocenters. The molecule has 0 aliphatic carbocycles. The van der Waals surface area contributed by atoms with Gasteiger partial charge in [-0.05, 0) is 6.92 Å². The first-order valence-corrected chi connectivity index (χ1v) is 4.58. The van der Waals surface area contributed by atoms with Crippen LogP contribution < -0.4 is 5.32 Å². The van der Waals surface area contributed by atoms with Crippen molar-refractivity contribution in [3.05, 3.63) is 24.2 Å². The third kappa shape index (κ3) is 3.76. The summed E-state index contributed by atoms with van der Waals surface area (Å²) in [6.07, 6.45) is 7.21. The Balaban J connectivity index is 2.44. The van der Waals surface area contributed by atoms with E-state index in [1.807, 2.05) is 13.2 Å². The number of carbonyl (C=O) groups excluding carboxylic acids is 1. The van der Waals surface area contributed by atoms with E-state index in [9.17, 15) is 4.79 Å². The summed E-state index contributed by atoms with van der Waals surface area (Å²) in [5.74, 6) is -0.291. The van der Waals surface area contributed by atoms with E-state index in [1.165, 1.54) is 13.0 Å². The van der Waals surface area contributed by atoms with Crippen LogP contribution in [-0.2, 0) is 4.79 Å². The van der Waals surface area contributed by atoms with Gasteiger partial charge in [-0.2, -0.15) is 5.10 Å². The fourth-order valence-electron chi connectivity index (χ4n) is 1.03. The van der Waals surface area contributed by atoms with Gasteiger partial charge in [-0.3, -0.25) is 9.80 Å². The topological polar surface area (TPSA) is 68.6 Å². The standard InChI is InChI=1S/C10H14N4O/c1-8(11)10(15)4-5-12-9-3-6-13-14(2)7-9/h4-7,11-12H,3H2,1-2H3/b5-4-,11-8?. The van der Waals surface area contributed by atoms with E-state index in [0.29, 0.717) is 6.42 Å². The summed E-state index contributed by atoms with van der Waals surface area (Å²) in [6, 6.07) is 0. The molecule has 80 valence electrons. The van der Waals surface area contributed by atoms with Crippen molar-refractivity contribution >= 4 is 17.7 Å². The van der Waals surface area contributed by atoms with E-state index >= 15 is 0 Å². The second-order valence-corrected chi connectivity index (χ2v) is 3.20. The summed E-state index contributed by atoms with van der Waals surface area (Å²) < 4.78 is 0. The van der Waals surface area contributed by atoms with Gasteiger partial charge in [0.2, 0.25) is 0 Å². The van der Waals surface area contributed by atoms with E-state index in [0.717, 1.165) is 5.70 Å². The number of nitrogens with zero attached hydrogens (tertiary/aromatic N) is 2. The number of ketones is 1. The first-order chi connectivity index (χ1) is 7.09. The molecule has 0 aromatic carbocycles. The highest BCUT2D eigenvalue weighted by molar-refractivity contribution is 6.41. The van der Waals surface area contributed by atoms with E-state index in [4.69, 9.17) is 5.41 Å². The summed E-state index contributed by atoms with van der Waals surface area (Å²) in [5.41, 5.74) is 0.989. The van der Waals surface area contributed by atoms with Crippen molar-refractivity contribution in [3.63, 3.8) is 0 Å². The lowest BCUT2D eigenvalue weighted by atomic mass is 10.2. The lowest BCUT2D eigenvalue weighted by Crippen LogP contribution is -2.16. The van der Waals surface area contributed by atoms with E-state index in [-0.39, 0.29) is 11.5 Å². The Morgan fingerprint density at radius 1 is 1.73 bits per heavy atom. The molecule has 0 aromatic rings. The van der Waals surface area contributed by atoms with Gasteiger partial charge in [-0.15, -0.1) is 0 Å². The zero-order chi connectivity index (χ0) is 11.3. The lowest BCUT2D eigenvalue weighted by molar-refractivity contribution is -0.109. The van der Waals surface area contributed by atoms with Crippen LogP contribution in [0, 0.1) is 5.41 Å². The average Bonchev–Trinajstić information content (AvgIpc) is 2.17. The SMILES string of the molecule is CC(=N)C(=O)/C=C\NC1=CN(C)N=CC1. The normalized spacial score (nSPS) is 15.3.